The molecule has 0 saturated heterocycles. The largest absolute Gasteiger partial charge is 0.347 e. The van der Waals surface area contributed by atoms with Crippen molar-refractivity contribution in [1.82, 2.24) is 9.62 Å². The second kappa shape index (κ2) is 6.96. The number of carbonyl (C=O) groups excluding carboxylic acids is 1. The highest BCUT2D eigenvalue weighted by Gasteiger charge is 2.31. The lowest BCUT2D eigenvalue weighted by atomic mass is 10.0. The van der Waals surface area contributed by atoms with Gasteiger partial charge in [-0.05, 0) is 18.1 Å². The lowest BCUT2D eigenvalue weighted by Gasteiger charge is -2.24. The fourth-order valence-electron chi connectivity index (χ4n) is 1.72. The smallest absolute Gasteiger partial charge is 0.244 e. The number of carbonyl (C=O) groups is 1. The van der Waals surface area contributed by atoms with Crippen LogP contribution in [0.15, 0.2) is 23.1 Å². The third-order valence-corrected chi connectivity index (χ3v) is 5.24. The van der Waals surface area contributed by atoms with Crippen molar-refractivity contribution in [2.24, 2.45) is 5.92 Å². The SMILES string of the molecule is CC(C)C(NS(=O)(=O)c1c(Cl)cccc1Cl)C(=O)N(C)C. The molecular formula is C13H18Cl2N2O3S. The van der Waals surface area contributed by atoms with Gasteiger partial charge in [0.2, 0.25) is 15.9 Å². The molecular weight excluding hydrogens is 335 g/mol. The number of sulfonamides is 1. The average Bonchev–Trinajstić information content (AvgIpc) is 2.34. The van der Waals surface area contributed by atoms with Gasteiger partial charge in [-0.2, -0.15) is 4.72 Å². The topological polar surface area (TPSA) is 66.5 Å². The molecule has 5 nitrogen and oxygen atoms in total. The Balaban J connectivity index is 3.22. The first-order valence-corrected chi connectivity index (χ1v) is 8.49. The van der Waals surface area contributed by atoms with Gasteiger partial charge in [0.1, 0.15) is 10.9 Å². The molecule has 0 bridgehead atoms. The van der Waals surface area contributed by atoms with Gasteiger partial charge < -0.3 is 4.90 Å². The van der Waals surface area contributed by atoms with Crippen LogP contribution >= 0.6 is 23.2 Å². The Kier molecular flexibility index (Phi) is 6.04. The molecule has 1 amide bonds. The summed E-state index contributed by atoms with van der Waals surface area (Å²) in [7, 11) is -0.878. The van der Waals surface area contributed by atoms with Crippen LogP contribution in [0.3, 0.4) is 0 Å². The van der Waals surface area contributed by atoms with Crippen molar-refractivity contribution in [2.75, 3.05) is 14.1 Å². The number of benzene rings is 1. The van der Waals surface area contributed by atoms with Crippen LogP contribution in [0.2, 0.25) is 10.0 Å². The molecule has 1 atom stereocenters. The second-order valence-corrected chi connectivity index (χ2v) is 7.59. The normalized spacial score (nSPS) is 13.3. The predicted octanol–water partition coefficient (Wildman–Crippen LogP) is 2.38. The standard InChI is InChI=1S/C13H18Cl2N2O3S/c1-8(2)11(13(18)17(3)4)16-21(19,20)12-9(14)6-5-7-10(12)15/h5-8,11,16H,1-4H3. The third-order valence-electron chi connectivity index (χ3n) is 2.84. The number of hydrogen-bond acceptors (Lipinski definition) is 3. The molecule has 21 heavy (non-hydrogen) atoms. The highest BCUT2D eigenvalue weighted by Crippen LogP contribution is 2.29. The summed E-state index contributed by atoms with van der Waals surface area (Å²) in [6, 6.07) is 3.52. The Morgan fingerprint density at radius 2 is 1.67 bits per heavy atom. The minimum absolute atomic E-state index is 0.00908. The van der Waals surface area contributed by atoms with E-state index in [0.29, 0.717) is 0 Å². The Morgan fingerprint density at radius 1 is 1.19 bits per heavy atom. The van der Waals surface area contributed by atoms with Gasteiger partial charge in [0.05, 0.1) is 10.0 Å². The number of halogens is 2. The van der Waals surface area contributed by atoms with Gasteiger partial charge in [-0.25, -0.2) is 8.42 Å². The van der Waals surface area contributed by atoms with E-state index in [1.165, 1.54) is 17.0 Å². The zero-order valence-electron chi connectivity index (χ0n) is 12.2. The molecule has 0 fully saturated rings. The molecule has 8 heteroatoms. The number of rotatable bonds is 5. The average molecular weight is 353 g/mol. The minimum atomic E-state index is -4.01. The van der Waals surface area contributed by atoms with Crippen LogP contribution in [-0.4, -0.2) is 39.4 Å². The van der Waals surface area contributed by atoms with Crippen LogP contribution in [0.5, 0.6) is 0 Å². The molecule has 0 saturated carbocycles. The molecule has 0 aliphatic rings. The van der Waals surface area contributed by atoms with Gasteiger partial charge in [0.25, 0.3) is 0 Å². The highest BCUT2D eigenvalue weighted by atomic mass is 35.5. The molecule has 0 radical (unpaired) electrons. The van der Waals surface area contributed by atoms with Crippen LogP contribution in [0.25, 0.3) is 0 Å². The van der Waals surface area contributed by atoms with Crippen molar-refractivity contribution in [3.05, 3.63) is 28.2 Å². The van der Waals surface area contributed by atoms with Gasteiger partial charge in [0, 0.05) is 14.1 Å². The predicted molar refractivity (Wildman–Crippen MR) is 84.1 cm³/mol. The number of amides is 1. The number of hydrogen-bond donors (Lipinski definition) is 1. The van der Waals surface area contributed by atoms with Crippen LogP contribution in [0.1, 0.15) is 13.8 Å². The summed E-state index contributed by atoms with van der Waals surface area (Å²) in [6.45, 7) is 3.51. The van der Waals surface area contributed by atoms with Crippen LogP contribution in [0, 0.1) is 5.92 Å². The van der Waals surface area contributed by atoms with E-state index in [1.807, 2.05) is 0 Å². The van der Waals surface area contributed by atoms with E-state index in [4.69, 9.17) is 23.2 Å². The molecule has 1 aromatic carbocycles. The maximum Gasteiger partial charge on any atom is 0.244 e. The first kappa shape index (κ1) is 18.2. The second-order valence-electron chi connectivity index (χ2n) is 5.13. The molecule has 118 valence electrons. The highest BCUT2D eigenvalue weighted by molar-refractivity contribution is 7.89. The van der Waals surface area contributed by atoms with Crippen molar-refractivity contribution in [2.45, 2.75) is 24.8 Å². The molecule has 0 aromatic heterocycles. The van der Waals surface area contributed by atoms with Crippen molar-refractivity contribution in [3.8, 4) is 0 Å². The van der Waals surface area contributed by atoms with Crippen molar-refractivity contribution >= 4 is 39.1 Å². The van der Waals surface area contributed by atoms with Gasteiger partial charge in [-0.3, -0.25) is 4.79 Å². The minimum Gasteiger partial charge on any atom is -0.347 e. The van der Waals surface area contributed by atoms with Gasteiger partial charge in [-0.1, -0.05) is 43.1 Å². The van der Waals surface area contributed by atoms with E-state index < -0.39 is 16.1 Å². The van der Waals surface area contributed by atoms with E-state index in [9.17, 15) is 13.2 Å². The molecule has 1 aromatic rings. The first-order chi connectivity index (χ1) is 9.58. The maximum absolute atomic E-state index is 12.5. The fraction of sp³-hybridized carbons (Fsp3) is 0.462. The molecule has 0 spiro atoms. The van der Waals surface area contributed by atoms with Crippen molar-refractivity contribution in [1.29, 1.82) is 0 Å². The molecule has 1 N–H and O–H groups in total. The summed E-state index contributed by atoms with van der Waals surface area (Å²) < 4.78 is 27.3. The monoisotopic (exact) mass is 352 g/mol. The number of nitrogens with zero attached hydrogens (tertiary/aromatic N) is 1. The first-order valence-electron chi connectivity index (χ1n) is 6.25. The number of likely N-dealkylation sites (N-methyl/N-ethyl adjacent to an activating group) is 1. The van der Waals surface area contributed by atoms with E-state index in [1.54, 1.807) is 34.0 Å². The quantitative estimate of drug-likeness (QED) is 0.884. The number of nitrogens with one attached hydrogen (secondary N) is 1. The fourth-order valence-corrected chi connectivity index (χ4v) is 4.20. The summed E-state index contributed by atoms with van der Waals surface area (Å²) >= 11 is 11.8. The third kappa shape index (κ3) is 4.32. The Morgan fingerprint density at radius 3 is 2.05 bits per heavy atom. The van der Waals surface area contributed by atoms with Crippen molar-refractivity contribution in [3.63, 3.8) is 0 Å². The molecule has 1 unspecified atom stereocenters. The van der Waals surface area contributed by atoms with Gasteiger partial charge >= 0.3 is 0 Å². The maximum atomic E-state index is 12.5. The van der Waals surface area contributed by atoms with E-state index >= 15 is 0 Å². The Bertz CT molecular complexity index is 610. The lowest BCUT2D eigenvalue weighted by molar-refractivity contribution is -0.131. The van der Waals surface area contributed by atoms with Crippen LogP contribution in [-0.2, 0) is 14.8 Å². The Labute approximate surface area is 135 Å². The summed E-state index contributed by atoms with van der Waals surface area (Å²) in [5, 5.41) is 0.0182. The molecule has 0 heterocycles. The van der Waals surface area contributed by atoms with Crippen molar-refractivity contribution < 1.29 is 13.2 Å². The summed E-state index contributed by atoms with van der Waals surface area (Å²) in [5.41, 5.74) is 0. The van der Waals surface area contributed by atoms with Gasteiger partial charge in [-0.15, -0.1) is 0 Å². The molecule has 1 rings (SSSR count). The van der Waals surface area contributed by atoms with E-state index in [2.05, 4.69) is 4.72 Å². The lowest BCUT2D eigenvalue weighted by Crippen LogP contribution is -2.49. The molecule has 0 aliphatic carbocycles. The van der Waals surface area contributed by atoms with E-state index in [-0.39, 0.29) is 26.8 Å². The van der Waals surface area contributed by atoms with Crippen LogP contribution < -0.4 is 4.72 Å². The van der Waals surface area contributed by atoms with Gasteiger partial charge in [0.15, 0.2) is 0 Å². The summed E-state index contributed by atoms with van der Waals surface area (Å²) in [5.74, 6) is -0.562. The summed E-state index contributed by atoms with van der Waals surface area (Å²) in [4.78, 5) is 13.2. The zero-order chi connectivity index (χ0) is 16.4. The zero-order valence-corrected chi connectivity index (χ0v) is 14.6. The van der Waals surface area contributed by atoms with E-state index in [0.717, 1.165) is 0 Å². The Hall–Kier alpha value is -0.820. The summed E-state index contributed by atoms with van der Waals surface area (Å²) in [6.07, 6.45) is 0. The molecule has 0 aliphatic heterocycles. The van der Waals surface area contributed by atoms with Crippen LogP contribution in [0.4, 0.5) is 0 Å².